The van der Waals surface area contributed by atoms with Crippen molar-refractivity contribution in [3.63, 3.8) is 0 Å². The van der Waals surface area contributed by atoms with Crippen LogP contribution in [0.3, 0.4) is 0 Å². The first-order valence-corrected chi connectivity index (χ1v) is 11.6. The fourth-order valence-electron chi connectivity index (χ4n) is 3.79. The maximum Gasteiger partial charge on any atom is 0.280 e. The van der Waals surface area contributed by atoms with Crippen molar-refractivity contribution >= 4 is 15.9 Å². The van der Waals surface area contributed by atoms with Gasteiger partial charge in [0.2, 0.25) is 10.0 Å². The molecule has 3 rings (SSSR count). The molecule has 2 aromatic carbocycles. The van der Waals surface area contributed by atoms with E-state index in [2.05, 4.69) is 0 Å². The summed E-state index contributed by atoms with van der Waals surface area (Å²) in [6, 6.07) is 18.3. The van der Waals surface area contributed by atoms with Gasteiger partial charge in [-0.3, -0.25) is 4.79 Å². The van der Waals surface area contributed by atoms with Crippen LogP contribution in [0.25, 0.3) is 0 Å². The second-order valence-electron chi connectivity index (χ2n) is 7.44. The summed E-state index contributed by atoms with van der Waals surface area (Å²) in [5, 5.41) is 0. The Bertz CT molecular complexity index is 895. The third-order valence-electron chi connectivity index (χ3n) is 5.64. The average Bonchev–Trinajstić information content (AvgIpc) is 2.78. The molecule has 1 heterocycles. The average molecular weight is 417 g/mol. The van der Waals surface area contributed by atoms with Crippen molar-refractivity contribution in [2.75, 3.05) is 32.7 Å². The Morgan fingerprint density at radius 2 is 1.59 bits per heavy atom. The Labute approximate surface area is 173 Å². The number of quaternary nitrogens is 1. The number of carbonyl (C=O) groups is 1. The first kappa shape index (κ1) is 21.5. The molecule has 0 spiro atoms. The van der Waals surface area contributed by atoms with Crippen LogP contribution in [-0.2, 0) is 21.4 Å². The molecule has 1 fully saturated rings. The van der Waals surface area contributed by atoms with Gasteiger partial charge >= 0.3 is 0 Å². The van der Waals surface area contributed by atoms with Gasteiger partial charge in [-0.1, -0.05) is 48.5 Å². The van der Waals surface area contributed by atoms with Crippen molar-refractivity contribution in [3.05, 3.63) is 66.2 Å². The van der Waals surface area contributed by atoms with E-state index in [-0.39, 0.29) is 11.9 Å². The van der Waals surface area contributed by atoms with Crippen molar-refractivity contribution < 1.29 is 18.1 Å². The topological polar surface area (TPSA) is 62.1 Å². The lowest BCUT2D eigenvalue weighted by atomic mass is 10.1. The molecule has 29 heavy (non-hydrogen) atoms. The lowest BCUT2D eigenvalue weighted by molar-refractivity contribution is -0.918. The SMILES string of the molecule is CCN(Cc1ccccc1)C(=O)[C@@H](C)[NH+]1CCN(S(=O)(=O)c2ccccc2)CC1. The lowest BCUT2D eigenvalue weighted by Crippen LogP contribution is -3.19. The molecule has 1 amide bonds. The Balaban J connectivity index is 1.60. The predicted octanol–water partition coefficient (Wildman–Crippen LogP) is 1.01. The molecule has 1 saturated heterocycles. The molecule has 0 unspecified atom stereocenters. The van der Waals surface area contributed by atoms with Gasteiger partial charge in [-0.05, 0) is 31.5 Å². The standard InChI is InChI=1S/C22H29N3O3S/c1-3-23(18-20-10-6-4-7-11-20)22(26)19(2)24-14-16-25(17-15-24)29(27,28)21-12-8-5-9-13-21/h4-13,19H,3,14-18H2,1-2H3/p+1/t19-/m1/s1. The first-order valence-electron chi connectivity index (χ1n) is 10.2. The fraction of sp³-hybridized carbons (Fsp3) is 0.409. The zero-order valence-corrected chi connectivity index (χ0v) is 17.9. The summed E-state index contributed by atoms with van der Waals surface area (Å²) in [4.78, 5) is 16.4. The van der Waals surface area contributed by atoms with Gasteiger partial charge in [-0.2, -0.15) is 4.31 Å². The van der Waals surface area contributed by atoms with Gasteiger partial charge in [0, 0.05) is 13.1 Å². The highest BCUT2D eigenvalue weighted by Gasteiger charge is 2.35. The van der Waals surface area contributed by atoms with Crippen LogP contribution in [0.4, 0.5) is 0 Å². The summed E-state index contributed by atoms with van der Waals surface area (Å²) in [7, 11) is -3.47. The number of amides is 1. The van der Waals surface area contributed by atoms with Crippen LogP contribution < -0.4 is 4.90 Å². The molecule has 2 aromatic rings. The van der Waals surface area contributed by atoms with Crippen molar-refractivity contribution in [2.45, 2.75) is 31.3 Å². The summed E-state index contributed by atoms with van der Waals surface area (Å²) in [5.41, 5.74) is 1.11. The summed E-state index contributed by atoms with van der Waals surface area (Å²) in [6.07, 6.45) is 0. The van der Waals surface area contributed by atoms with Gasteiger partial charge in [0.05, 0.1) is 31.1 Å². The predicted molar refractivity (Wildman–Crippen MR) is 113 cm³/mol. The third-order valence-corrected chi connectivity index (χ3v) is 7.55. The van der Waals surface area contributed by atoms with Crippen LogP contribution in [0.15, 0.2) is 65.6 Å². The number of hydrogen-bond acceptors (Lipinski definition) is 3. The number of nitrogens with zero attached hydrogens (tertiary/aromatic N) is 2. The Morgan fingerprint density at radius 3 is 2.14 bits per heavy atom. The molecule has 6 nitrogen and oxygen atoms in total. The van der Waals surface area contributed by atoms with Gasteiger partial charge in [0.1, 0.15) is 0 Å². The second kappa shape index (κ2) is 9.52. The molecule has 0 radical (unpaired) electrons. The Hall–Kier alpha value is -2.22. The Morgan fingerprint density at radius 1 is 1.03 bits per heavy atom. The molecule has 156 valence electrons. The third kappa shape index (κ3) is 5.04. The molecule has 1 aliphatic heterocycles. The summed E-state index contributed by atoms with van der Waals surface area (Å²) in [5.74, 6) is 0.116. The number of sulfonamides is 1. The van der Waals surface area contributed by atoms with Gasteiger partial charge in [-0.15, -0.1) is 0 Å². The number of benzene rings is 2. The smallest absolute Gasteiger partial charge is 0.280 e. The van der Waals surface area contributed by atoms with Gasteiger partial charge in [0.15, 0.2) is 6.04 Å². The fourth-order valence-corrected chi connectivity index (χ4v) is 5.25. The zero-order valence-electron chi connectivity index (χ0n) is 17.1. The van der Waals surface area contributed by atoms with Crippen LogP contribution >= 0.6 is 0 Å². The molecule has 1 atom stereocenters. The largest absolute Gasteiger partial charge is 0.334 e. The number of rotatable bonds is 7. The first-order chi connectivity index (χ1) is 13.9. The minimum absolute atomic E-state index is 0.116. The molecular formula is C22H30N3O3S+. The van der Waals surface area contributed by atoms with E-state index in [9.17, 15) is 13.2 Å². The van der Waals surface area contributed by atoms with E-state index in [1.165, 1.54) is 4.31 Å². The van der Waals surface area contributed by atoms with Crippen LogP contribution in [0.1, 0.15) is 19.4 Å². The van der Waals surface area contributed by atoms with E-state index in [0.29, 0.717) is 44.2 Å². The second-order valence-corrected chi connectivity index (χ2v) is 9.37. The number of likely N-dealkylation sites (N-methyl/N-ethyl adjacent to an activating group) is 1. The normalized spacial score (nSPS) is 17.0. The molecular weight excluding hydrogens is 386 g/mol. The van der Waals surface area contributed by atoms with Crippen LogP contribution in [0.5, 0.6) is 0 Å². The van der Waals surface area contributed by atoms with Crippen LogP contribution in [-0.4, -0.2) is 62.3 Å². The summed E-state index contributed by atoms with van der Waals surface area (Å²) >= 11 is 0. The minimum Gasteiger partial charge on any atom is -0.334 e. The van der Waals surface area contributed by atoms with E-state index in [1.807, 2.05) is 55.1 Å². The quantitative estimate of drug-likeness (QED) is 0.733. The lowest BCUT2D eigenvalue weighted by Gasteiger charge is -2.35. The van der Waals surface area contributed by atoms with E-state index < -0.39 is 10.0 Å². The molecule has 0 aromatic heterocycles. The number of piperazine rings is 1. The number of nitrogens with one attached hydrogen (secondary N) is 1. The molecule has 0 saturated carbocycles. The minimum atomic E-state index is -3.47. The van der Waals surface area contributed by atoms with Crippen molar-refractivity contribution in [3.8, 4) is 0 Å². The number of hydrogen-bond donors (Lipinski definition) is 1. The van der Waals surface area contributed by atoms with Gasteiger partial charge in [-0.25, -0.2) is 8.42 Å². The van der Waals surface area contributed by atoms with E-state index in [0.717, 1.165) is 10.5 Å². The molecule has 1 aliphatic rings. The van der Waals surface area contributed by atoms with Crippen LogP contribution in [0.2, 0.25) is 0 Å². The maximum absolute atomic E-state index is 13.1. The van der Waals surface area contributed by atoms with Gasteiger partial charge < -0.3 is 9.80 Å². The number of carbonyl (C=O) groups excluding carboxylic acids is 1. The maximum atomic E-state index is 13.1. The van der Waals surface area contributed by atoms with Crippen molar-refractivity contribution in [1.82, 2.24) is 9.21 Å². The Kier molecular flexibility index (Phi) is 7.05. The summed E-state index contributed by atoms with van der Waals surface area (Å²) in [6.45, 7) is 7.30. The van der Waals surface area contributed by atoms with Crippen molar-refractivity contribution in [1.29, 1.82) is 0 Å². The van der Waals surface area contributed by atoms with Crippen LogP contribution in [0, 0.1) is 0 Å². The van der Waals surface area contributed by atoms with Crippen molar-refractivity contribution in [2.24, 2.45) is 0 Å². The van der Waals surface area contributed by atoms with E-state index in [1.54, 1.807) is 24.3 Å². The van der Waals surface area contributed by atoms with Gasteiger partial charge in [0.25, 0.3) is 5.91 Å². The van der Waals surface area contributed by atoms with E-state index in [4.69, 9.17) is 0 Å². The zero-order chi connectivity index (χ0) is 20.9. The summed E-state index contributed by atoms with van der Waals surface area (Å²) < 4.78 is 27.1. The monoisotopic (exact) mass is 416 g/mol. The van der Waals surface area contributed by atoms with E-state index >= 15 is 0 Å². The molecule has 0 bridgehead atoms. The molecule has 1 N–H and O–H groups in total. The highest BCUT2D eigenvalue weighted by molar-refractivity contribution is 7.89. The molecule has 0 aliphatic carbocycles. The highest BCUT2D eigenvalue weighted by Crippen LogP contribution is 2.15. The molecule has 7 heteroatoms. The highest BCUT2D eigenvalue weighted by atomic mass is 32.2.